The van der Waals surface area contributed by atoms with Gasteiger partial charge in [0.2, 0.25) is 0 Å². The summed E-state index contributed by atoms with van der Waals surface area (Å²) < 4.78 is 0. The van der Waals surface area contributed by atoms with Crippen LogP contribution >= 0.6 is 12.8 Å². The summed E-state index contributed by atoms with van der Waals surface area (Å²) in [5.74, 6) is 0. The van der Waals surface area contributed by atoms with Crippen molar-refractivity contribution in [3.05, 3.63) is 30.6 Å². The van der Waals surface area contributed by atoms with Gasteiger partial charge in [-0.05, 0) is 12.1 Å². The molecule has 0 aliphatic rings. The first-order valence-electron chi connectivity index (χ1n) is 2.11. The van der Waals surface area contributed by atoms with Gasteiger partial charge in [0.1, 0.15) is 0 Å². The first-order valence-corrected chi connectivity index (χ1v) is 2.62. The van der Waals surface area contributed by atoms with E-state index < -0.39 is 0 Å². The van der Waals surface area contributed by atoms with Crippen molar-refractivity contribution in [1.29, 1.82) is 0 Å². The Hall–Kier alpha value is -0.540. The van der Waals surface area contributed by atoms with Crippen LogP contribution in [0.1, 0.15) is 0 Å². The van der Waals surface area contributed by atoms with Crippen molar-refractivity contribution >= 4 is 12.8 Å². The molecule has 0 atom stereocenters. The van der Waals surface area contributed by atoms with Crippen LogP contribution in [0, 0.1) is 0 Å². The Morgan fingerprint density at radius 1 is 1.00 bits per heavy atom. The van der Waals surface area contributed by atoms with Crippen LogP contribution in [-0.4, -0.2) is 4.98 Å². The highest BCUT2D eigenvalue weighted by molar-refractivity contribution is 7.77. The minimum atomic E-state index is 1.75. The molecule has 2 N–H and O–H groups in total. The Morgan fingerprint density at radius 2 is 1.50 bits per heavy atom. The van der Waals surface area contributed by atoms with E-state index in [0.717, 1.165) is 0 Å². The van der Waals surface area contributed by atoms with Crippen LogP contribution in [0.4, 0.5) is 0 Å². The smallest absolute Gasteiger partial charge is 0.0267 e. The van der Waals surface area contributed by atoms with Crippen molar-refractivity contribution in [1.82, 2.24) is 4.98 Å². The fourth-order valence-electron chi connectivity index (χ4n) is 0.313. The predicted octanol–water partition coefficient (Wildman–Crippen LogP) is 0.871. The fourth-order valence-corrected chi connectivity index (χ4v) is 0.313. The molecule has 0 amide bonds. The van der Waals surface area contributed by atoms with Crippen LogP contribution in [0.25, 0.3) is 0 Å². The number of nitrogens with two attached hydrogens (primary N) is 1. The molecule has 0 unspecified atom stereocenters. The van der Waals surface area contributed by atoms with Gasteiger partial charge in [-0.3, -0.25) is 10.1 Å². The van der Waals surface area contributed by atoms with E-state index in [0.29, 0.717) is 0 Å². The molecule has 1 rings (SSSR count). The molecule has 8 heavy (non-hydrogen) atoms. The summed E-state index contributed by atoms with van der Waals surface area (Å²) in [6.07, 6.45) is 3.50. The Morgan fingerprint density at radius 3 is 1.62 bits per heavy atom. The first-order chi connectivity index (χ1) is 4.00. The van der Waals surface area contributed by atoms with Crippen LogP contribution in [0.15, 0.2) is 30.6 Å². The number of aromatic nitrogens is 1. The normalized spacial score (nSPS) is 6.75. The van der Waals surface area contributed by atoms with Gasteiger partial charge in [-0.25, -0.2) is 0 Å². The van der Waals surface area contributed by atoms with Crippen LogP contribution in [0.5, 0.6) is 0 Å². The third kappa shape index (κ3) is 3.64. The van der Waals surface area contributed by atoms with Crippen LogP contribution in [0.2, 0.25) is 0 Å². The van der Waals surface area contributed by atoms with Gasteiger partial charge in [0.15, 0.2) is 0 Å². The number of pyridine rings is 1. The number of hydrogen-bond donors (Lipinski definition) is 2. The van der Waals surface area contributed by atoms with E-state index in [1.54, 1.807) is 12.4 Å². The molecule has 0 fully saturated rings. The zero-order valence-corrected chi connectivity index (χ0v) is 5.25. The molecule has 1 aromatic rings. The molecule has 2 nitrogen and oxygen atoms in total. The zero-order chi connectivity index (χ0) is 6.24. The predicted molar refractivity (Wildman–Crippen MR) is 37.4 cm³/mol. The van der Waals surface area contributed by atoms with Gasteiger partial charge in [-0.2, -0.15) is 0 Å². The summed E-state index contributed by atoms with van der Waals surface area (Å²) in [4.78, 5) is 3.78. The van der Waals surface area contributed by atoms with E-state index in [4.69, 9.17) is 0 Å². The summed E-state index contributed by atoms with van der Waals surface area (Å²) in [7, 11) is 0. The average molecular weight is 128 g/mol. The number of nitrogens with zero attached hydrogens (tertiary/aromatic N) is 1. The molecule has 0 aliphatic carbocycles. The molecule has 1 heterocycles. The van der Waals surface area contributed by atoms with E-state index in [1.165, 1.54) is 0 Å². The molecule has 1 aromatic heterocycles. The third-order valence-corrected chi connectivity index (χ3v) is 0.566. The van der Waals surface area contributed by atoms with Gasteiger partial charge in [0.05, 0.1) is 0 Å². The monoisotopic (exact) mass is 128 g/mol. The lowest BCUT2D eigenvalue weighted by atomic mass is 10.5. The lowest BCUT2D eigenvalue weighted by molar-refractivity contribution is 1.33. The fraction of sp³-hybridized carbons (Fsp3) is 0. The zero-order valence-electron chi connectivity index (χ0n) is 4.36. The lowest BCUT2D eigenvalue weighted by Crippen LogP contribution is -1.58. The van der Waals surface area contributed by atoms with Gasteiger partial charge in [-0.1, -0.05) is 6.07 Å². The molecular weight excluding hydrogens is 120 g/mol. The maximum absolute atomic E-state index is 4.19. The third-order valence-electron chi connectivity index (χ3n) is 0.566. The number of thiol groups is 1. The molecule has 0 bridgehead atoms. The molecule has 3 heteroatoms. The summed E-state index contributed by atoms with van der Waals surface area (Å²) in [6.45, 7) is 0. The minimum absolute atomic E-state index is 1.75. The topological polar surface area (TPSA) is 38.9 Å². The summed E-state index contributed by atoms with van der Waals surface area (Å²) in [5, 5.41) is 4.19. The van der Waals surface area contributed by atoms with Gasteiger partial charge in [-0.15, -0.1) is 12.8 Å². The van der Waals surface area contributed by atoms with Crippen LogP contribution in [0.3, 0.4) is 0 Å². The van der Waals surface area contributed by atoms with Crippen molar-refractivity contribution in [3.8, 4) is 0 Å². The maximum Gasteiger partial charge on any atom is 0.0267 e. The first kappa shape index (κ1) is 7.46. The van der Waals surface area contributed by atoms with Gasteiger partial charge >= 0.3 is 0 Å². The van der Waals surface area contributed by atoms with E-state index in [2.05, 4.69) is 22.9 Å². The second-order valence-corrected chi connectivity index (χ2v) is 1.02. The van der Waals surface area contributed by atoms with Gasteiger partial charge in [0.25, 0.3) is 0 Å². The van der Waals surface area contributed by atoms with Crippen molar-refractivity contribution < 1.29 is 0 Å². The number of hydrogen-bond acceptors (Lipinski definition) is 3. The van der Waals surface area contributed by atoms with Crippen LogP contribution < -0.4 is 5.14 Å². The van der Waals surface area contributed by atoms with E-state index in [1.807, 2.05) is 18.2 Å². The van der Waals surface area contributed by atoms with Crippen molar-refractivity contribution in [2.24, 2.45) is 5.14 Å². The van der Waals surface area contributed by atoms with E-state index in [-0.39, 0.29) is 0 Å². The molecule has 0 aliphatic heterocycles. The second kappa shape index (κ2) is 6.46. The highest BCUT2D eigenvalue weighted by Gasteiger charge is 1.58. The Kier molecular flexibility index (Phi) is 6.02. The van der Waals surface area contributed by atoms with E-state index >= 15 is 0 Å². The Labute approximate surface area is 54.3 Å². The maximum atomic E-state index is 4.19. The second-order valence-electron chi connectivity index (χ2n) is 1.02. The summed E-state index contributed by atoms with van der Waals surface area (Å²) >= 11 is 3.03. The Bertz CT molecular complexity index is 82.4. The molecule has 0 saturated heterocycles. The quantitative estimate of drug-likeness (QED) is 0.509. The molecule has 44 valence electrons. The Balaban J connectivity index is 0.000000222. The van der Waals surface area contributed by atoms with Gasteiger partial charge in [0, 0.05) is 12.4 Å². The molecule has 0 aromatic carbocycles. The van der Waals surface area contributed by atoms with Crippen molar-refractivity contribution in [2.45, 2.75) is 0 Å². The summed E-state index contributed by atoms with van der Waals surface area (Å²) in [5.41, 5.74) is 0. The molecule has 0 radical (unpaired) electrons. The van der Waals surface area contributed by atoms with Crippen LogP contribution in [-0.2, 0) is 0 Å². The lowest BCUT2D eigenvalue weighted by Gasteiger charge is -1.70. The molecular formula is C5H8N2S. The molecule has 0 saturated carbocycles. The largest absolute Gasteiger partial charge is 0.281 e. The SMILES string of the molecule is NS.c1ccncc1. The summed E-state index contributed by atoms with van der Waals surface area (Å²) in [6, 6.07) is 5.72. The minimum Gasteiger partial charge on any atom is -0.281 e. The van der Waals surface area contributed by atoms with E-state index in [9.17, 15) is 0 Å². The van der Waals surface area contributed by atoms with Crippen molar-refractivity contribution in [2.75, 3.05) is 0 Å². The highest BCUT2D eigenvalue weighted by atomic mass is 32.1. The van der Waals surface area contributed by atoms with Gasteiger partial charge < -0.3 is 0 Å². The average Bonchev–Trinajstić information content (AvgIpc) is 1.96. The number of rotatable bonds is 0. The standard InChI is InChI=1S/C5H5N.H3NS/c1-2-4-6-5-3-1;1-2/h1-5H;2H,1H2. The molecule has 0 spiro atoms. The highest BCUT2D eigenvalue weighted by Crippen LogP contribution is 1.73. The van der Waals surface area contributed by atoms with Crippen molar-refractivity contribution in [3.63, 3.8) is 0 Å².